The second-order valence-corrected chi connectivity index (χ2v) is 3.12. The molecule has 1 aromatic carbocycles. The Morgan fingerprint density at radius 2 is 2.07 bits per heavy atom. The first-order valence-electron chi connectivity index (χ1n) is 4.38. The van der Waals surface area contributed by atoms with Gasteiger partial charge in [-0.1, -0.05) is 18.5 Å². The molecule has 1 rings (SSSR count). The fourth-order valence-corrected chi connectivity index (χ4v) is 0.912. The molecule has 0 bridgehead atoms. The number of anilines is 1. The van der Waals surface area contributed by atoms with Crippen molar-refractivity contribution in [1.29, 1.82) is 0 Å². The second-order valence-electron chi connectivity index (χ2n) is 2.68. The Hall–Kier alpha value is -1.22. The lowest BCUT2D eigenvalue weighted by Gasteiger charge is -2.02. The van der Waals surface area contributed by atoms with E-state index in [0.29, 0.717) is 5.17 Å². The molecule has 0 spiro atoms. The Balaban J connectivity index is 2.60. The summed E-state index contributed by atoms with van der Waals surface area (Å²) in [5, 5.41) is 4.52. The van der Waals surface area contributed by atoms with E-state index in [1.54, 1.807) is 7.11 Å². The van der Waals surface area contributed by atoms with Crippen LogP contribution in [0.3, 0.4) is 0 Å². The molecule has 0 atom stereocenters. The third kappa shape index (κ3) is 3.26. The van der Waals surface area contributed by atoms with E-state index in [1.165, 1.54) is 0 Å². The highest BCUT2D eigenvalue weighted by molar-refractivity contribution is 6.65. The first kappa shape index (κ1) is 10.9. The maximum Gasteiger partial charge on any atom is 0.126 e. The van der Waals surface area contributed by atoms with Gasteiger partial charge in [0.25, 0.3) is 0 Å². The topological polar surface area (TPSA) is 33.6 Å². The number of nitrogens with one attached hydrogen (secondary N) is 1. The van der Waals surface area contributed by atoms with Crippen molar-refractivity contribution < 1.29 is 4.74 Å². The molecule has 14 heavy (non-hydrogen) atoms. The van der Waals surface area contributed by atoms with Crippen molar-refractivity contribution in [2.75, 3.05) is 12.5 Å². The molecule has 0 heterocycles. The van der Waals surface area contributed by atoms with Crippen LogP contribution < -0.4 is 10.2 Å². The molecule has 0 aliphatic carbocycles. The number of hydrazone groups is 1. The molecule has 4 heteroatoms. The molecule has 0 aromatic heterocycles. The lowest BCUT2D eigenvalue weighted by atomic mass is 10.3. The second kappa shape index (κ2) is 5.50. The standard InChI is InChI=1S/C10H13ClN2O/c1-3-10(11)13-12-8-4-6-9(14-2)7-5-8/h4-7,12H,3H2,1-2H3/b13-10+. The van der Waals surface area contributed by atoms with Gasteiger partial charge in [-0.15, -0.1) is 0 Å². The Bertz CT molecular complexity index is 308. The molecular weight excluding hydrogens is 200 g/mol. The molecule has 0 aliphatic rings. The van der Waals surface area contributed by atoms with Gasteiger partial charge in [-0.05, 0) is 30.7 Å². The van der Waals surface area contributed by atoms with Gasteiger partial charge < -0.3 is 4.74 Å². The van der Waals surface area contributed by atoms with Crippen LogP contribution in [0, 0.1) is 0 Å². The summed E-state index contributed by atoms with van der Waals surface area (Å²) in [5.41, 5.74) is 3.73. The van der Waals surface area contributed by atoms with E-state index in [4.69, 9.17) is 16.3 Å². The summed E-state index contributed by atoms with van der Waals surface area (Å²) < 4.78 is 5.03. The van der Waals surface area contributed by atoms with Gasteiger partial charge in [0.05, 0.1) is 12.8 Å². The smallest absolute Gasteiger partial charge is 0.126 e. The number of ether oxygens (including phenoxy) is 1. The van der Waals surface area contributed by atoms with Gasteiger partial charge in [0.15, 0.2) is 0 Å². The van der Waals surface area contributed by atoms with E-state index in [2.05, 4.69) is 10.5 Å². The number of nitrogens with zero attached hydrogens (tertiary/aromatic N) is 1. The molecule has 0 aliphatic heterocycles. The lowest BCUT2D eigenvalue weighted by molar-refractivity contribution is 0.415. The molecule has 1 N–H and O–H groups in total. The summed E-state index contributed by atoms with van der Waals surface area (Å²) in [6.45, 7) is 1.95. The van der Waals surface area contributed by atoms with E-state index in [-0.39, 0.29) is 0 Å². The average molecular weight is 213 g/mol. The highest BCUT2D eigenvalue weighted by Gasteiger charge is 1.92. The Morgan fingerprint density at radius 3 is 2.57 bits per heavy atom. The monoisotopic (exact) mass is 212 g/mol. The highest BCUT2D eigenvalue weighted by atomic mass is 35.5. The normalized spacial score (nSPS) is 11.2. The van der Waals surface area contributed by atoms with Gasteiger partial charge in [-0.3, -0.25) is 5.43 Å². The molecule has 0 radical (unpaired) electrons. The summed E-state index contributed by atoms with van der Waals surface area (Å²) in [6.07, 6.45) is 0.727. The number of rotatable bonds is 4. The van der Waals surface area contributed by atoms with Crippen molar-refractivity contribution in [2.24, 2.45) is 5.10 Å². The molecule has 0 amide bonds. The molecule has 1 aromatic rings. The fourth-order valence-electron chi connectivity index (χ4n) is 0.870. The number of hydrogen-bond donors (Lipinski definition) is 1. The van der Waals surface area contributed by atoms with Crippen molar-refractivity contribution in [2.45, 2.75) is 13.3 Å². The SMILES string of the molecule is CC/C(Cl)=N\Nc1ccc(OC)cc1. The van der Waals surface area contributed by atoms with E-state index in [1.807, 2.05) is 31.2 Å². The third-order valence-corrected chi connectivity index (χ3v) is 2.04. The largest absolute Gasteiger partial charge is 0.497 e. The van der Waals surface area contributed by atoms with Crippen molar-refractivity contribution >= 4 is 22.5 Å². The minimum Gasteiger partial charge on any atom is -0.497 e. The maximum absolute atomic E-state index is 5.74. The van der Waals surface area contributed by atoms with E-state index in [9.17, 15) is 0 Å². The molecule has 0 saturated heterocycles. The van der Waals surface area contributed by atoms with Crippen LogP contribution >= 0.6 is 11.6 Å². The number of benzene rings is 1. The first-order chi connectivity index (χ1) is 6.76. The summed E-state index contributed by atoms with van der Waals surface area (Å²) in [5.74, 6) is 0.820. The molecule has 0 fully saturated rings. The van der Waals surface area contributed by atoms with Crippen molar-refractivity contribution in [3.05, 3.63) is 24.3 Å². The Labute approximate surface area is 88.7 Å². The number of hydrogen-bond acceptors (Lipinski definition) is 3. The zero-order valence-electron chi connectivity index (χ0n) is 8.25. The van der Waals surface area contributed by atoms with Gasteiger partial charge >= 0.3 is 0 Å². The van der Waals surface area contributed by atoms with Crippen LogP contribution in [0.1, 0.15) is 13.3 Å². The van der Waals surface area contributed by atoms with Crippen LogP contribution in [0.5, 0.6) is 5.75 Å². The lowest BCUT2D eigenvalue weighted by Crippen LogP contribution is -1.93. The summed E-state index contributed by atoms with van der Waals surface area (Å²) >= 11 is 5.74. The van der Waals surface area contributed by atoms with Gasteiger partial charge in [-0.2, -0.15) is 5.10 Å². The summed E-state index contributed by atoms with van der Waals surface area (Å²) in [7, 11) is 1.63. The van der Waals surface area contributed by atoms with Gasteiger partial charge in [-0.25, -0.2) is 0 Å². The third-order valence-electron chi connectivity index (χ3n) is 1.69. The number of halogens is 1. The van der Waals surface area contributed by atoms with Crippen molar-refractivity contribution in [3.63, 3.8) is 0 Å². The number of methoxy groups -OCH3 is 1. The van der Waals surface area contributed by atoms with E-state index in [0.717, 1.165) is 17.9 Å². The molecular formula is C10H13ClN2O. The molecule has 3 nitrogen and oxygen atoms in total. The zero-order chi connectivity index (χ0) is 10.4. The minimum atomic E-state index is 0.556. The van der Waals surface area contributed by atoms with Crippen molar-refractivity contribution in [3.8, 4) is 5.75 Å². The van der Waals surface area contributed by atoms with Gasteiger partial charge in [0, 0.05) is 0 Å². The van der Waals surface area contributed by atoms with E-state index >= 15 is 0 Å². The summed E-state index contributed by atoms with van der Waals surface area (Å²) in [6, 6.07) is 7.47. The minimum absolute atomic E-state index is 0.556. The van der Waals surface area contributed by atoms with Crippen LogP contribution in [0.15, 0.2) is 29.4 Å². The van der Waals surface area contributed by atoms with Crippen LogP contribution in [0.4, 0.5) is 5.69 Å². The van der Waals surface area contributed by atoms with Crippen LogP contribution in [0.25, 0.3) is 0 Å². The Morgan fingerprint density at radius 1 is 1.43 bits per heavy atom. The van der Waals surface area contributed by atoms with Crippen LogP contribution in [0.2, 0.25) is 0 Å². The van der Waals surface area contributed by atoms with Gasteiger partial charge in [0.1, 0.15) is 10.9 Å². The van der Waals surface area contributed by atoms with E-state index < -0.39 is 0 Å². The highest BCUT2D eigenvalue weighted by Crippen LogP contribution is 2.14. The predicted octanol–water partition coefficient (Wildman–Crippen LogP) is 3.07. The summed E-state index contributed by atoms with van der Waals surface area (Å²) in [4.78, 5) is 0. The quantitative estimate of drug-likeness (QED) is 0.615. The molecule has 76 valence electrons. The molecule has 0 unspecified atom stereocenters. The molecule has 0 saturated carbocycles. The van der Waals surface area contributed by atoms with Crippen LogP contribution in [-0.4, -0.2) is 12.3 Å². The maximum atomic E-state index is 5.74. The van der Waals surface area contributed by atoms with Crippen LogP contribution in [-0.2, 0) is 0 Å². The van der Waals surface area contributed by atoms with Crippen molar-refractivity contribution in [1.82, 2.24) is 0 Å². The fraction of sp³-hybridized carbons (Fsp3) is 0.300. The Kier molecular flexibility index (Phi) is 4.26. The first-order valence-corrected chi connectivity index (χ1v) is 4.76. The zero-order valence-corrected chi connectivity index (χ0v) is 9.01. The van der Waals surface area contributed by atoms with Gasteiger partial charge in [0.2, 0.25) is 0 Å². The predicted molar refractivity (Wildman–Crippen MR) is 60.2 cm³/mol. The average Bonchev–Trinajstić information content (AvgIpc) is 2.26.